The van der Waals surface area contributed by atoms with Crippen molar-refractivity contribution in [3.8, 4) is 0 Å². The number of alkyl halides is 3. The van der Waals surface area contributed by atoms with Crippen LogP contribution < -0.4 is 10.6 Å². The maximum Gasteiger partial charge on any atom is 0.416 e. The maximum absolute atomic E-state index is 13.7. The lowest BCUT2D eigenvalue weighted by molar-refractivity contribution is -0.137. The third-order valence-electron chi connectivity index (χ3n) is 5.02. The minimum atomic E-state index is -4.64. The lowest BCUT2D eigenvalue weighted by Crippen LogP contribution is -2.35. The Balaban J connectivity index is 1.60. The summed E-state index contributed by atoms with van der Waals surface area (Å²) in [7, 11) is 0. The summed E-state index contributed by atoms with van der Waals surface area (Å²) in [5.41, 5.74) is -0.0841. The van der Waals surface area contributed by atoms with Gasteiger partial charge in [-0.25, -0.2) is 14.4 Å². The van der Waals surface area contributed by atoms with Crippen molar-refractivity contribution in [2.45, 2.75) is 43.0 Å². The number of rotatable bonds is 9. The molecule has 3 N–H and O–H groups in total. The Morgan fingerprint density at radius 1 is 1.00 bits per heavy atom. The number of thioether (sulfide) groups is 1. The molecule has 0 saturated heterocycles. The molecule has 4 aromatic rings. The molecule has 0 fully saturated rings. The van der Waals surface area contributed by atoms with Crippen LogP contribution in [0.15, 0.2) is 53.7 Å². The zero-order valence-corrected chi connectivity index (χ0v) is 21.0. The van der Waals surface area contributed by atoms with E-state index >= 15 is 0 Å². The molecule has 6 nitrogen and oxygen atoms in total. The van der Waals surface area contributed by atoms with E-state index in [2.05, 4.69) is 25.6 Å². The third-order valence-corrected chi connectivity index (χ3v) is 6.95. The van der Waals surface area contributed by atoms with Gasteiger partial charge in [-0.1, -0.05) is 53.4 Å². The quantitative estimate of drug-likeness (QED) is 0.131. The summed E-state index contributed by atoms with van der Waals surface area (Å²) in [5, 5.41) is 16.8. The zero-order valence-electron chi connectivity index (χ0n) is 19.4. The van der Waals surface area contributed by atoms with Crippen LogP contribution in [0.5, 0.6) is 0 Å². The molecule has 0 amide bonds. The lowest BCUT2D eigenvalue weighted by atomic mass is 10.1. The molecule has 2 heterocycles. The average Bonchev–Trinajstić information content (AvgIpc) is 3.24. The summed E-state index contributed by atoms with van der Waals surface area (Å²) in [6.45, 7) is 3.44. The van der Waals surface area contributed by atoms with Crippen LogP contribution >= 0.6 is 23.1 Å². The van der Waals surface area contributed by atoms with Crippen molar-refractivity contribution >= 4 is 44.4 Å². The van der Waals surface area contributed by atoms with Crippen LogP contribution in [-0.4, -0.2) is 32.2 Å². The molecule has 0 saturated carbocycles. The maximum atomic E-state index is 13.7. The number of hydrogen-bond donors (Lipinski definition) is 3. The van der Waals surface area contributed by atoms with Gasteiger partial charge in [-0.3, -0.25) is 0 Å². The third kappa shape index (κ3) is 6.62. The van der Waals surface area contributed by atoms with Crippen LogP contribution in [0.1, 0.15) is 30.5 Å². The van der Waals surface area contributed by atoms with Crippen molar-refractivity contribution in [3.63, 3.8) is 0 Å². The summed E-state index contributed by atoms with van der Waals surface area (Å²) in [4.78, 5) is 13.6. The first kappa shape index (κ1) is 26.1. The Bertz CT molecular complexity index is 1350. The SMILES string of the molecule is CC(C)(CO)Nc1nc(SCc2ccccc2)nc2nc(NCc3cc(F)cc(C(F)(F)F)c3)sc12. The highest BCUT2D eigenvalue weighted by atomic mass is 32.2. The van der Waals surface area contributed by atoms with Crippen LogP contribution in [0.3, 0.4) is 0 Å². The monoisotopic (exact) mass is 537 g/mol. The van der Waals surface area contributed by atoms with Crippen LogP contribution in [0.25, 0.3) is 10.3 Å². The molecule has 190 valence electrons. The van der Waals surface area contributed by atoms with Gasteiger partial charge in [0, 0.05) is 12.3 Å². The average molecular weight is 538 g/mol. The topological polar surface area (TPSA) is 83.0 Å². The summed E-state index contributed by atoms with van der Waals surface area (Å²) in [6.07, 6.45) is -4.64. The van der Waals surface area contributed by atoms with E-state index in [1.807, 2.05) is 44.2 Å². The molecule has 0 bridgehead atoms. The number of nitrogens with zero attached hydrogens (tertiary/aromatic N) is 3. The van der Waals surface area contributed by atoms with E-state index in [1.54, 1.807) is 0 Å². The standard InChI is InChI=1S/C24H23F4N5OS2/c1-23(2,13-34)33-20-18-19(31-22(32-20)35-12-14-6-4-3-5-7-14)30-21(36-18)29-11-15-8-16(24(26,27)28)10-17(25)9-15/h3-10,34H,11-13H2,1-2H3,(H2,29,30,31,32,33). The zero-order chi connectivity index (χ0) is 25.9. The molecule has 0 unspecified atom stereocenters. The van der Waals surface area contributed by atoms with E-state index in [9.17, 15) is 22.7 Å². The lowest BCUT2D eigenvalue weighted by Gasteiger charge is -2.24. The minimum Gasteiger partial charge on any atom is -0.394 e. The van der Waals surface area contributed by atoms with Gasteiger partial charge in [0.05, 0.1) is 17.7 Å². The second-order valence-electron chi connectivity index (χ2n) is 8.67. The molecule has 0 aliphatic rings. The number of hydrogen-bond acceptors (Lipinski definition) is 8. The smallest absolute Gasteiger partial charge is 0.394 e. The van der Waals surface area contributed by atoms with Gasteiger partial charge in [-0.05, 0) is 43.2 Å². The van der Waals surface area contributed by atoms with E-state index < -0.39 is 23.1 Å². The highest BCUT2D eigenvalue weighted by Gasteiger charge is 2.31. The van der Waals surface area contributed by atoms with Gasteiger partial charge in [-0.2, -0.15) is 18.2 Å². The van der Waals surface area contributed by atoms with Gasteiger partial charge in [0.1, 0.15) is 10.5 Å². The van der Waals surface area contributed by atoms with Crippen molar-refractivity contribution in [1.29, 1.82) is 0 Å². The number of benzene rings is 2. The number of aliphatic hydroxyl groups excluding tert-OH is 1. The Hall–Kier alpha value is -2.96. The first-order valence-corrected chi connectivity index (χ1v) is 12.7. The van der Waals surface area contributed by atoms with E-state index in [0.717, 1.165) is 17.7 Å². The number of anilines is 2. The summed E-state index contributed by atoms with van der Waals surface area (Å²) in [5.74, 6) is 0.172. The van der Waals surface area contributed by atoms with Crippen molar-refractivity contribution in [1.82, 2.24) is 15.0 Å². The van der Waals surface area contributed by atoms with Gasteiger partial charge < -0.3 is 15.7 Å². The second-order valence-corrected chi connectivity index (χ2v) is 10.6. The number of aliphatic hydroxyl groups is 1. The molecule has 0 radical (unpaired) electrons. The molecule has 2 aromatic carbocycles. The van der Waals surface area contributed by atoms with E-state index in [1.165, 1.54) is 23.1 Å². The van der Waals surface area contributed by atoms with Crippen molar-refractivity contribution in [3.05, 3.63) is 71.0 Å². The summed E-state index contributed by atoms with van der Waals surface area (Å²) >= 11 is 2.65. The Morgan fingerprint density at radius 3 is 2.44 bits per heavy atom. The molecule has 2 aromatic heterocycles. The molecule has 0 spiro atoms. The van der Waals surface area contributed by atoms with Gasteiger partial charge in [0.2, 0.25) is 0 Å². The number of aromatic nitrogens is 3. The number of nitrogens with one attached hydrogen (secondary N) is 2. The van der Waals surface area contributed by atoms with E-state index in [4.69, 9.17) is 0 Å². The number of halogens is 4. The summed E-state index contributed by atoms with van der Waals surface area (Å²) in [6, 6.07) is 12.3. The van der Waals surface area contributed by atoms with Crippen LogP contribution in [0, 0.1) is 5.82 Å². The van der Waals surface area contributed by atoms with Gasteiger partial charge in [0.25, 0.3) is 0 Å². The predicted octanol–water partition coefficient (Wildman–Crippen LogP) is 6.33. The molecule has 0 aliphatic carbocycles. The van der Waals surface area contributed by atoms with E-state index in [-0.39, 0.29) is 18.7 Å². The van der Waals surface area contributed by atoms with Crippen molar-refractivity contribution in [2.24, 2.45) is 0 Å². The van der Waals surface area contributed by atoms with E-state index in [0.29, 0.717) is 38.3 Å². The van der Waals surface area contributed by atoms with Crippen molar-refractivity contribution in [2.75, 3.05) is 17.2 Å². The highest BCUT2D eigenvalue weighted by molar-refractivity contribution is 7.98. The largest absolute Gasteiger partial charge is 0.416 e. The van der Waals surface area contributed by atoms with Crippen molar-refractivity contribution < 1.29 is 22.7 Å². The number of fused-ring (bicyclic) bond motifs is 1. The molecule has 12 heteroatoms. The van der Waals surface area contributed by atoms with Crippen LogP contribution in [0.2, 0.25) is 0 Å². The molecule has 36 heavy (non-hydrogen) atoms. The highest BCUT2D eigenvalue weighted by Crippen LogP contribution is 2.35. The van der Waals surface area contributed by atoms with Gasteiger partial charge in [0.15, 0.2) is 21.8 Å². The number of thiazole rings is 1. The Morgan fingerprint density at radius 2 is 1.75 bits per heavy atom. The summed E-state index contributed by atoms with van der Waals surface area (Å²) < 4.78 is 53.5. The fourth-order valence-electron chi connectivity index (χ4n) is 3.20. The fraction of sp³-hybridized carbons (Fsp3) is 0.292. The molecule has 0 aliphatic heterocycles. The first-order valence-electron chi connectivity index (χ1n) is 10.9. The van der Waals surface area contributed by atoms with Gasteiger partial charge >= 0.3 is 6.18 Å². The minimum absolute atomic E-state index is 0.0609. The molecule has 0 atom stereocenters. The molecular formula is C24H23F4N5OS2. The molecular weight excluding hydrogens is 514 g/mol. The Kier molecular flexibility index (Phi) is 7.67. The second kappa shape index (κ2) is 10.6. The normalized spacial score (nSPS) is 12.2. The first-order chi connectivity index (χ1) is 17.0. The Labute approximate surface area is 213 Å². The van der Waals surface area contributed by atoms with Crippen LogP contribution in [-0.2, 0) is 18.5 Å². The van der Waals surface area contributed by atoms with Gasteiger partial charge in [-0.15, -0.1) is 0 Å². The predicted molar refractivity (Wildman–Crippen MR) is 135 cm³/mol. The molecule has 4 rings (SSSR count). The van der Waals surface area contributed by atoms with Crippen LogP contribution in [0.4, 0.5) is 28.5 Å². The fourth-order valence-corrected chi connectivity index (χ4v) is 4.85.